The molecule has 1 heterocycles. The van der Waals surface area contributed by atoms with E-state index in [0.29, 0.717) is 0 Å². The zero-order chi connectivity index (χ0) is 12.2. The van der Waals surface area contributed by atoms with Crippen molar-refractivity contribution in [1.82, 2.24) is 4.98 Å². The first kappa shape index (κ1) is 13.0. The molecule has 2 nitrogen and oxygen atoms in total. The van der Waals surface area contributed by atoms with E-state index in [-0.39, 0.29) is 4.70 Å². The summed E-state index contributed by atoms with van der Waals surface area (Å²) in [6.45, 7) is 0. The third-order valence-electron chi connectivity index (χ3n) is 3.05. The molecule has 1 aromatic heterocycles. The van der Waals surface area contributed by atoms with E-state index in [9.17, 15) is 0 Å². The summed E-state index contributed by atoms with van der Waals surface area (Å²) in [6.07, 6.45) is 5.58. The Labute approximate surface area is 111 Å². The number of fused-ring (bicyclic) bond motifs is 3. The molecule has 3 aromatic rings. The molecule has 96 valence electrons. The van der Waals surface area contributed by atoms with Gasteiger partial charge < -0.3 is 4.42 Å². The number of halogens is 1. The molecule has 0 unspecified atom stereocenters. The van der Waals surface area contributed by atoms with E-state index >= 15 is 0 Å². The molecule has 0 aliphatic heterocycles. The molecule has 1 aliphatic carbocycles. The van der Waals surface area contributed by atoms with Gasteiger partial charge in [-0.05, 0) is 28.7 Å². The highest BCUT2D eigenvalue weighted by molar-refractivity contribution is 5.76. The van der Waals surface area contributed by atoms with E-state index in [1.165, 1.54) is 34.9 Å². The summed E-state index contributed by atoms with van der Waals surface area (Å²) >= 11 is 0. The van der Waals surface area contributed by atoms with Crippen LogP contribution < -0.4 is 0 Å². The molecular formula is C16H14FNO. The summed E-state index contributed by atoms with van der Waals surface area (Å²) in [5, 5.41) is 0. The Morgan fingerprint density at radius 3 is 1.84 bits per heavy atom. The van der Waals surface area contributed by atoms with Crippen molar-refractivity contribution >= 4 is 0 Å². The van der Waals surface area contributed by atoms with Crippen molar-refractivity contribution in [3.05, 3.63) is 78.5 Å². The smallest absolute Gasteiger partial charge is 0.180 e. The first-order valence-electron chi connectivity index (χ1n) is 5.93. The fraction of sp³-hybridized carbons (Fsp3) is 0.0625. The van der Waals surface area contributed by atoms with Gasteiger partial charge in [0, 0.05) is 0 Å². The Bertz CT molecular complexity index is 574. The Hall–Kier alpha value is -2.42. The first-order valence-corrected chi connectivity index (χ1v) is 5.93. The van der Waals surface area contributed by atoms with Crippen LogP contribution in [-0.2, 0) is 6.42 Å². The molecule has 0 spiro atoms. The third-order valence-corrected chi connectivity index (χ3v) is 3.05. The monoisotopic (exact) mass is 255 g/mol. The molecule has 4 rings (SSSR count). The molecule has 3 heteroatoms. The van der Waals surface area contributed by atoms with Gasteiger partial charge in [0.05, 0.1) is 6.20 Å². The lowest BCUT2D eigenvalue weighted by Crippen LogP contribution is -1.77. The molecule has 0 radical (unpaired) electrons. The number of aromatic nitrogens is 1. The van der Waals surface area contributed by atoms with Crippen LogP contribution in [0.25, 0.3) is 11.1 Å². The highest BCUT2D eigenvalue weighted by Crippen LogP contribution is 2.35. The molecule has 0 saturated heterocycles. The van der Waals surface area contributed by atoms with Crippen LogP contribution >= 0.6 is 0 Å². The molecule has 0 N–H and O–H groups in total. The lowest BCUT2D eigenvalue weighted by molar-refractivity contribution is 0.558. The molecular weight excluding hydrogens is 241 g/mol. The van der Waals surface area contributed by atoms with Crippen molar-refractivity contribution in [3.63, 3.8) is 0 Å². The maximum absolute atomic E-state index is 4.47. The largest absolute Gasteiger partial charge is 0.452 e. The molecule has 0 amide bonds. The summed E-state index contributed by atoms with van der Waals surface area (Å²) in [5.74, 6) is 0. The van der Waals surface area contributed by atoms with Gasteiger partial charge in [0.2, 0.25) is 0 Å². The second kappa shape index (κ2) is 5.96. The fourth-order valence-corrected chi connectivity index (χ4v) is 2.26. The maximum Gasteiger partial charge on any atom is 0.180 e. The van der Waals surface area contributed by atoms with Crippen molar-refractivity contribution in [2.75, 3.05) is 0 Å². The zero-order valence-electron chi connectivity index (χ0n) is 10.3. The van der Waals surface area contributed by atoms with Gasteiger partial charge in [0.1, 0.15) is 6.26 Å². The normalized spacial score (nSPS) is 10.5. The third kappa shape index (κ3) is 2.71. The SMILES string of the molecule is F.c1ccc2c(c1)Cc1ccccc1-2.c1cocn1. The van der Waals surface area contributed by atoms with Gasteiger partial charge in [-0.15, -0.1) is 0 Å². The van der Waals surface area contributed by atoms with Crippen molar-refractivity contribution in [3.8, 4) is 11.1 Å². The van der Waals surface area contributed by atoms with E-state index in [0.717, 1.165) is 6.42 Å². The van der Waals surface area contributed by atoms with Gasteiger partial charge in [-0.2, -0.15) is 0 Å². The van der Waals surface area contributed by atoms with Crippen molar-refractivity contribution in [2.24, 2.45) is 0 Å². The summed E-state index contributed by atoms with van der Waals surface area (Å²) in [7, 11) is 0. The first-order chi connectivity index (χ1) is 8.95. The Morgan fingerprint density at radius 1 is 0.842 bits per heavy atom. The van der Waals surface area contributed by atoms with Crippen molar-refractivity contribution in [1.29, 1.82) is 0 Å². The van der Waals surface area contributed by atoms with Crippen LogP contribution in [0.2, 0.25) is 0 Å². The van der Waals surface area contributed by atoms with Crippen LogP contribution in [0.1, 0.15) is 11.1 Å². The summed E-state index contributed by atoms with van der Waals surface area (Å²) in [5.41, 5.74) is 5.75. The number of benzene rings is 2. The number of hydrogen-bond donors (Lipinski definition) is 0. The van der Waals surface area contributed by atoms with E-state index in [1.807, 2.05) is 0 Å². The van der Waals surface area contributed by atoms with Gasteiger partial charge in [-0.3, -0.25) is 4.70 Å². The van der Waals surface area contributed by atoms with Crippen molar-refractivity contribution < 1.29 is 9.12 Å². The highest BCUT2D eigenvalue weighted by atomic mass is 19.0. The molecule has 1 aliphatic rings. The molecule has 0 atom stereocenters. The summed E-state index contributed by atoms with van der Waals surface area (Å²) in [6, 6.07) is 17.3. The topological polar surface area (TPSA) is 26.0 Å². The fourth-order valence-electron chi connectivity index (χ4n) is 2.26. The van der Waals surface area contributed by atoms with Gasteiger partial charge in [-0.1, -0.05) is 48.5 Å². The van der Waals surface area contributed by atoms with Crippen LogP contribution in [0.4, 0.5) is 4.70 Å². The second-order valence-electron chi connectivity index (χ2n) is 4.17. The Balaban J connectivity index is 0.000000190. The molecule has 19 heavy (non-hydrogen) atoms. The van der Waals surface area contributed by atoms with Gasteiger partial charge in [-0.25, -0.2) is 4.98 Å². The zero-order valence-corrected chi connectivity index (χ0v) is 10.3. The number of nitrogens with zero attached hydrogens (tertiary/aromatic N) is 1. The predicted molar refractivity (Wildman–Crippen MR) is 73.7 cm³/mol. The quantitative estimate of drug-likeness (QED) is 0.473. The lowest BCUT2D eigenvalue weighted by atomic mass is 10.1. The Morgan fingerprint density at radius 2 is 1.42 bits per heavy atom. The summed E-state index contributed by atoms with van der Waals surface area (Å²) < 4.78 is 4.47. The predicted octanol–water partition coefficient (Wildman–Crippen LogP) is 4.08. The average Bonchev–Trinajstić information content (AvgIpc) is 3.10. The molecule has 0 saturated carbocycles. The van der Waals surface area contributed by atoms with Crippen LogP contribution in [0.3, 0.4) is 0 Å². The molecule has 0 fully saturated rings. The number of rotatable bonds is 0. The van der Waals surface area contributed by atoms with Crippen molar-refractivity contribution in [2.45, 2.75) is 6.42 Å². The minimum Gasteiger partial charge on any atom is -0.452 e. The minimum atomic E-state index is 0. The van der Waals surface area contributed by atoms with Gasteiger partial charge in [0.15, 0.2) is 6.39 Å². The van der Waals surface area contributed by atoms with E-state index in [1.54, 1.807) is 6.20 Å². The number of oxazole rings is 1. The number of hydrogen-bond acceptors (Lipinski definition) is 2. The van der Waals surface area contributed by atoms with E-state index < -0.39 is 0 Å². The average molecular weight is 255 g/mol. The van der Waals surface area contributed by atoms with Crippen LogP contribution in [0.5, 0.6) is 0 Å². The highest BCUT2D eigenvalue weighted by Gasteiger charge is 2.15. The van der Waals surface area contributed by atoms with Gasteiger partial charge in [0.25, 0.3) is 0 Å². The van der Waals surface area contributed by atoms with Crippen LogP contribution in [-0.4, -0.2) is 4.98 Å². The van der Waals surface area contributed by atoms with Gasteiger partial charge >= 0.3 is 0 Å². The van der Waals surface area contributed by atoms with Crippen LogP contribution in [0, 0.1) is 0 Å². The summed E-state index contributed by atoms with van der Waals surface area (Å²) in [4.78, 5) is 3.56. The minimum absolute atomic E-state index is 0. The molecule has 0 bridgehead atoms. The standard InChI is InChI=1S/C13H10.C3H3NO.FH/c1-3-7-12-10(5-1)9-11-6-2-4-8-13(11)12;1-2-5-3-4-1;/h1-8H,9H2;1-3H;1H. The van der Waals surface area contributed by atoms with E-state index in [2.05, 4.69) is 57.9 Å². The molecule has 2 aromatic carbocycles. The Kier molecular flexibility index (Phi) is 4.08. The van der Waals surface area contributed by atoms with E-state index in [4.69, 9.17) is 0 Å². The maximum atomic E-state index is 4.47. The lowest BCUT2D eigenvalue weighted by Gasteiger charge is -1.98. The second-order valence-corrected chi connectivity index (χ2v) is 4.17. The van der Waals surface area contributed by atoms with Crippen LogP contribution in [0.15, 0.2) is 71.8 Å².